The molecular formula is C13H25N3O3. The minimum atomic E-state index is -0.0128. The smallest absolute Gasteiger partial charge is 0.248 e. The first-order valence-electron chi connectivity index (χ1n) is 6.86. The van der Waals surface area contributed by atoms with Crippen molar-refractivity contribution in [1.82, 2.24) is 15.1 Å². The van der Waals surface area contributed by atoms with Crippen LogP contribution in [0.15, 0.2) is 0 Å². The highest BCUT2D eigenvalue weighted by molar-refractivity contribution is 5.80. The number of piperazine rings is 1. The van der Waals surface area contributed by atoms with Crippen LogP contribution < -0.4 is 5.32 Å². The van der Waals surface area contributed by atoms with Crippen LogP contribution in [0.1, 0.15) is 13.8 Å². The molecular weight excluding hydrogens is 246 g/mol. The third-order valence-corrected chi connectivity index (χ3v) is 3.33. The molecule has 1 heterocycles. The van der Waals surface area contributed by atoms with Gasteiger partial charge in [-0.1, -0.05) is 13.8 Å². The average Bonchev–Trinajstić information content (AvgIpc) is 2.44. The van der Waals surface area contributed by atoms with Crippen LogP contribution in [0.4, 0.5) is 0 Å². The first kappa shape index (κ1) is 15.9. The summed E-state index contributed by atoms with van der Waals surface area (Å²) in [6, 6.07) is 0. The van der Waals surface area contributed by atoms with E-state index in [-0.39, 0.29) is 24.3 Å². The average molecular weight is 271 g/mol. The van der Waals surface area contributed by atoms with Gasteiger partial charge in [0.2, 0.25) is 11.8 Å². The van der Waals surface area contributed by atoms with Crippen molar-refractivity contribution in [2.45, 2.75) is 13.8 Å². The third kappa shape index (κ3) is 4.80. The van der Waals surface area contributed by atoms with Crippen LogP contribution in [0.3, 0.4) is 0 Å². The van der Waals surface area contributed by atoms with Crippen molar-refractivity contribution in [3.63, 3.8) is 0 Å². The van der Waals surface area contributed by atoms with Crippen molar-refractivity contribution < 1.29 is 14.3 Å². The van der Waals surface area contributed by atoms with Gasteiger partial charge in [-0.25, -0.2) is 0 Å². The molecule has 2 amide bonds. The van der Waals surface area contributed by atoms with Crippen molar-refractivity contribution in [3.05, 3.63) is 0 Å². The molecule has 1 rings (SSSR count). The maximum atomic E-state index is 12.2. The van der Waals surface area contributed by atoms with Crippen LogP contribution in [0.2, 0.25) is 0 Å². The molecule has 0 aromatic carbocycles. The molecule has 0 saturated carbocycles. The molecule has 0 aromatic heterocycles. The van der Waals surface area contributed by atoms with E-state index >= 15 is 0 Å². The molecule has 1 aliphatic rings. The molecule has 110 valence electrons. The fourth-order valence-electron chi connectivity index (χ4n) is 2.15. The van der Waals surface area contributed by atoms with Crippen molar-refractivity contribution in [3.8, 4) is 0 Å². The standard InChI is InChI=1S/C13H25N3O3/c1-4-14-9-11(2)13(18)16-7-5-15(6-8-16)12(17)10-19-3/h11,14H,4-10H2,1-3H3. The van der Waals surface area contributed by atoms with Gasteiger partial charge >= 0.3 is 0 Å². The lowest BCUT2D eigenvalue weighted by molar-refractivity contribution is -0.143. The maximum Gasteiger partial charge on any atom is 0.248 e. The van der Waals surface area contributed by atoms with E-state index in [1.807, 2.05) is 18.7 Å². The van der Waals surface area contributed by atoms with Gasteiger partial charge in [0.05, 0.1) is 0 Å². The van der Waals surface area contributed by atoms with E-state index in [9.17, 15) is 9.59 Å². The first-order valence-corrected chi connectivity index (χ1v) is 6.86. The molecule has 1 aliphatic heterocycles. The van der Waals surface area contributed by atoms with Gasteiger partial charge in [0.25, 0.3) is 0 Å². The number of carbonyl (C=O) groups excluding carboxylic acids is 2. The number of methoxy groups -OCH3 is 1. The summed E-state index contributed by atoms with van der Waals surface area (Å²) in [7, 11) is 1.51. The van der Waals surface area contributed by atoms with E-state index in [0.717, 1.165) is 6.54 Å². The zero-order chi connectivity index (χ0) is 14.3. The van der Waals surface area contributed by atoms with Gasteiger partial charge in [0, 0.05) is 45.8 Å². The molecule has 0 spiro atoms. The Labute approximate surface area is 115 Å². The molecule has 0 bridgehead atoms. The fraction of sp³-hybridized carbons (Fsp3) is 0.846. The number of nitrogens with zero attached hydrogens (tertiary/aromatic N) is 2. The molecule has 1 fully saturated rings. The number of ether oxygens (including phenoxy) is 1. The number of nitrogens with one attached hydrogen (secondary N) is 1. The van der Waals surface area contributed by atoms with E-state index in [1.165, 1.54) is 7.11 Å². The molecule has 0 radical (unpaired) electrons. The predicted molar refractivity (Wildman–Crippen MR) is 72.7 cm³/mol. The van der Waals surface area contributed by atoms with E-state index < -0.39 is 0 Å². The van der Waals surface area contributed by atoms with Gasteiger partial charge in [0.1, 0.15) is 6.61 Å². The number of carbonyl (C=O) groups is 2. The van der Waals surface area contributed by atoms with Crippen molar-refractivity contribution in [2.24, 2.45) is 5.92 Å². The van der Waals surface area contributed by atoms with E-state index in [2.05, 4.69) is 5.32 Å². The summed E-state index contributed by atoms with van der Waals surface area (Å²) in [5, 5.41) is 3.18. The predicted octanol–water partition coefficient (Wildman–Crippen LogP) is -0.451. The molecule has 1 unspecified atom stereocenters. The Hall–Kier alpha value is -1.14. The lowest BCUT2D eigenvalue weighted by atomic mass is 10.1. The molecule has 6 heteroatoms. The minimum Gasteiger partial charge on any atom is -0.375 e. The van der Waals surface area contributed by atoms with Crippen LogP contribution in [0, 0.1) is 5.92 Å². The quantitative estimate of drug-likeness (QED) is 0.711. The van der Waals surface area contributed by atoms with Crippen LogP contribution in [0.25, 0.3) is 0 Å². The zero-order valence-electron chi connectivity index (χ0n) is 12.1. The topological polar surface area (TPSA) is 61.9 Å². The first-order chi connectivity index (χ1) is 9.10. The summed E-state index contributed by atoms with van der Waals surface area (Å²) in [6.45, 7) is 8.09. The number of hydrogen-bond donors (Lipinski definition) is 1. The van der Waals surface area contributed by atoms with Crippen LogP contribution in [-0.4, -0.2) is 74.6 Å². The second-order valence-corrected chi connectivity index (χ2v) is 4.85. The lowest BCUT2D eigenvalue weighted by Gasteiger charge is -2.36. The summed E-state index contributed by atoms with van der Waals surface area (Å²) >= 11 is 0. The Morgan fingerprint density at radius 2 is 1.79 bits per heavy atom. The van der Waals surface area contributed by atoms with E-state index in [1.54, 1.807) is 4.90 Å². The summed E-state index contributed by atoms with van der Waals surface area (Å²) in [4.78, 5) is 27.4. The van der Waals surface area contributed by atoms with Crippen molar-refractivity contribution in [1.29, 1.82) is 0 Å². The zero-order valence-corrected chi connectivity index (χ0v) is 12.1. The second-order valence-electron chi connectivity index (χ2n) is 4.85. The van der Waals surface area contributed by atoms with Gasteiger partial charge in [-0.2, -0.15) is 0 Å². The number of amides is 2. The highest BCUT2D eigenvalue weighted by Gasteiger charge is 2.26. The Morgan fingerprint density at radius 3 is 2.32 bits per heavy atom. The Kier molecular flexibility index (Phi) is 6.80. The number of rotatable bonds is 6. The summed E-state index contributed by atoms with van der Waals surface area (Å²) < 4.78 is 4.83. The SMILES string of the molecule is CCNCC(C)C(=O)N1CCN(C(=O)COC)CC1. The van der Waals surface area contributed by atoms with Crippen molar-refractivity contribution in [2.75, 3.05) is 53.0 Å². The second kappa shape index (κ2) is 8.12. The molecule has 19 heavy (non-hydrogen) atoms. The van der Waals surface area contributed by atoms with Crippen molar-refractivity contribution >= 4 is 11.8 Å². The lowest BCUT2D eigenvalue weighted by Crippen LogP contribution is -2.53. The summed E-state index contributed by atoms with van der Waals surface area (Å²) in [5.41, 5.74) is 0. The normalized spacial score (nSPS) is 17.4. The van der Waals surface area contributed by atoms with Crippen LogP contribution in [0.5, 0.6) is 0 Å². The van der Waals surface area contributed by atoms with Gasteiger partial charge < -0.3 is 19.9 Å². The largest absolute Gasteiger partial charge is 0.375 e. The van der Waals surface area contributed by atoms with Crippen LogP contribution >= 0.6 is 0 Å². The molecule has 1 atom stereocenters. The Morgan fingerprint density at radius 1 is 1.21 bits per heavy atom. The summed E-state index contributed by atoms with van der Waals surface area (Å²) in [5.74, 6) is 0.149. The van der Waals surface area contributed by atoms with Gasteiger partial charge in [-0.3, -0.25) is 9.59 Å². The monoisotopic (exact) mass is 271 g/mol. The Bertz CT molecular complexity index is 302. The molecule has 0 aliphatic carbocycles. The number of hydrogen-bond acceptors (Lipinski definition) is 4. The highest BCUT2D eigenvalue weighted by atomic mass is 16.5. The molecule has 6 nitrogen and oxygen atoms in total. The van der Waals surface area contributed by atoms with E-state index in [0.29, 0.717) is 32.7 Å². The van der Waals surface area contributed by atoms with Gasteiger partial charge in [-0.15, -0.1) is 0 Å². The van der Waals surface area contributed by atoms with Gasteiger partial charge in [0.15, 0.2) is 0 Å². The van der Waals surface area contributed by atoms with Crippen LogP contribution in [-0.2, 0) is 14.3 Å². The maximum absolute atomic E-state index is 12.2. The molecule has 0 aromatic rings. The molecule has 1 N–H and O–H groups in total. The third-order valence-electron chi connectivity index (χ3n) is 3.33. The Balaban J connectivity index is 2.36. The fourth-order valence-corrected chi connectivity index (χ4v) is 2.15. The molecule has 1 saturated heterocycles. The summed E-state index contributed by atoms with van der Waals surface area (Å²) in [6.07, 6.45) is 0. The van der Waals surface area contributed by atoms with E-state index in [4.69, 9.17) is 4.74 Å². The minimum absolute atomic E-state index is 0.00435. The van der Waals surface area contributed by atoms with Gasteiger partial charge in [-0.05, 0) is 6.54 Å². The highest BCUT2D eigenvalue weighted by Crippen LogP contribution is 2.07.